The lowest BCUT2D eigenvalue weighted by Crippen LogP contribution is -2.28. The van der Waals surface area contributed by atoms with Gasteiger partial charge in [-0.2, -0.15) is 0 Å². The van der Waals surface area contributed by atoms with Gasteiger partial charge in [0.25, 0.3) is 0 Å². The first-order valence-corrected chi connectivity index (χ1v) is 9.62. The van der Waals surface area contributed by atoms with Gasteiger partial charge in [-0.15, -0.1) is 11.3 Å². The molecule has 0 aliphatic heterocycles. The van der Waals surface area contributed by atoms with Crippen LogP contribution in [0, 0.1) is 0 Å². The van der Waals surface area contributed by atoms with Crippen molar-refractivity contribution in [3.63, 3.8) is 0 Å². The van der Waals surface area contributed by atoms with E-state index in [1.165, 1.54) is 4.88 Å². The highest BCUT2D eigenvalue weighted by Gasteiger charge is 2.27. The molecule has 0 spiro atoms. The summed E-state index contributed by atoms with van der Waals surface area (Å²) in [6, 6.07) is 2.06. The van der Waals surface area contributed by atoms with Crippen molar-refractivity contribution in [2.75, 3.05) is 12.3 Å². The Hall–Kier alpha value is 0.0900. The Balaban J connectivity index is 1.71. The molecule has 6 heteroatoms. The minimum absolute atomic E-state index is 0.0739. The Morgan fingerprint density at radius 2 is 2.11 bits per heavy atom. The van der Waals surface area contributed by atoms with Crippen LogP contribution in [0.1, 0.15) is 30.6 Å². The lowest BCUT2D eigenvalue weighted by atomic mass is 10.4. The second-order valence-corrected chi connectivity index (χ2v) is 8.99. The van der Waals surface area contributed by atoms with Crippen molar-refractivity contribution in [2.45, 2.75) is 37.5 Å². The maximum absolute atomic E-state index is 12.0. The van der Waals surface area contributed by atoms with E-state index < -0.39 is 9.84 Å². The molecule has 0 bridgehead atoms. The minimum Gasteiger partial charge on any atom is -0.311 e. The lowest BCUT2D eigenvalue weighted by molar-refractivity contribution is 0.575. The van der Waals surface area contributed by atoms with Gasteiger partial charge in [-0.05, 0) is 34.8 Å². The van der Waals surface area contributed by atoms with Crippen LogP contribution in [0.3, 0.4) is 0 Å². The van der Waals surface area contributed by atoms with Crippen LogP contribution in [-0.4, -0.2) is 26.0 Å². The first-order valence-electron chi connectivity index (χ1n) is 6.23. The van der Waals surface area contributed by atoms with Gasteiger partial charge in [0.2, 0.25) is 0 Å². The molecule has 1 aliphatic carbocycles. The zero-order chi connectivity index (χ0) is 13.0. The third-order valence-electron chi connectivity index (χ3n) is 3.29. The molecule has 18 heavy (non-hydrogen) atoms. The summed E-state index contributed by atoms with van der Waals surface area (Å²) < 4.78 is 25.1. The maximum Gasteiger partial charge on any atom is 0.154 e. The number of halogens is 1. The molecule has 0 aromatic carbocycles. The minimum atomic E-state index is -2.88. The fourth-order valence-electron chi connectivity index (χ4n) is 2.29. The molecule has 1 aromatic rings. The summed E-state index contributed by atoms with van der Waals surface area (Å²) in [5.74, 6) is 0.268. The highest BCUT2D eigenvalue weighted by Crippen LogP contribution is 2.25. The number of hydrogen-bond donors (Lipinski definition) is 1. The second kappa shape index (κ2) is 6.50. The monoisotopic (exact) mass is 351 g/mol. The van der Waals surface area contributed by atoms with Crippen LogP contribution in [0.15, 0.2) is 15.9 Å². The predicted octanol–water partition coefficient (Wildman–Crippen LogP) is 2.96. The molecule has 1 heterocycles. The van der Waals surface area contributed by atoms with Gasteiger partial charge in [0.05, 0.1) is 11.0 Å². The highest BCUT2D eigenvalue weighted by atomic mass is 79.9. The van der Waals surface area contributed by atoms with E-state index in [1.807, 2.05) is 5.38 Å². The topological polar surface area (TPSA) is 46.2 Å². The molecule has 0 saturated heterocycles. The van der Waals surface area contributed by atoms with Crippen molar-refractivity contribution in [3.8, 4) is 0 Å². The Labute approximate surface area is 121 Å². The van der Waals surface area contributed by atoms with E-state index in [2.05, 4.69) is 27.3 Å². The summed E-state index contributed by atoms with van der Waals surface area (Å²) in [4.78, 5) is 1.22. The Kier molecular flexibility index (Phi) is 5.24. The first kappa shape index (κ1) is 14.5. The van der Waals surface area contributed by atoms with Crippen LogP contribution < -0.4 is 5.32 Å². The van der Waals surface area contributed by atoms with Gasteiger partial charge < -0.3 is 5.32 Å². The van der Waals surface area contributed by atoms with Gasteiger partial charge in [0, 0.05) is 27.8 Å². The summed E-state index contributed by atoms with van der Waals surface area (Å²) in [6.07, 6.45) is 3.86. The molecule has 2 rings (SSSR count). The van der Waals surface area contributed by atoms with Crippen molar-refractivity contribution in [2.24, 2.45) is 0 Å². The third-order valence-corrected chi connectivity index (χ3v) is 7.25. The van der Waals surface area contributed by atoms with Crippen LogP contribution in [0.2, 0.25) is 0 Å². The maximum atomic E-state index is 12.0. The standard InChI is InChI=1S/C12H18BrNO2S2/c13-10-7-11(17-9-10)8-14-5-6-18(15,16)12-3-1-2-4-12/h7,9,12,14H,1-6,8H2. The third kappa shape index (κ3) is 4.05. The molecule has 3 nitrogen and oxygen atoms in total. The van der Waals surface area contributed by atoms with E-state index in [9.17, 15) is 8.42 Å². The summed E-state index contributed by atoms with van der Waals surface area (Å²) >= 11 is 5.08. The van der Waals surface area contributed by atoms with E-state index in [0.29, 0.717) is 6.54 Å². The molecular weight excluding hydrogens is 334 g/mol. The summed E-state index contributed by atoms with van der Waals surface area (Å²) in [6.45, 7) is 1.30. The summed E-state index contributed by atoms with van der Waals surface area (Å²) in [5, 5.41) is 5.17. The number of hydrogen-bond acceptors (Lipinski definition) is 4. The number of nitrogens with one attached hydrogen (secondary N) is 1. The van der Waals surface area contributed by atoms with Gasteiger partial charge in [0.1, 0.15) is 0 Å². The van der Waals surface area contributed by atoms with Crippen molar-refractivity contribution >= 4 is 37.1 Å². The Morgan fingerprint density at radius 3 is 2.72 bits per heavy atom. The molecular formula is C12H18BrNO2S2. The predicted molar refractivity (Wildman–Crippen MR) is 79.8 cm³/mol. The van der Waals surface area contributed by atoms with Gasteiger partial charge in [-0.1, -0.05) is 12.8 Å². The molecule has 1 fully saturated rings. The molecule has 0 amide bonds. The average molecular weight is 352 g/mol. The highest BCUT2D eigenvalue weighted by molar-refractivity contribution is 9.10. The first-order chi connectivity index (χ1) is 8.58. The Bertz CT molecular complexity index is 478. The SMILES string of the molecule is O=S(=O)(CCNCc1cc(Br)cs1)C1CCCC1. The molecule has 1 N–H and O–H groups in total. The number of rotatable bonds is 6. The average Bonchev–Trinajstić information content (AvgIpc) is 2.95. The molecule has 0 atom stereocenters. The fourth-order valence-corrected chi connectivity index (χ4v) is 5.52. The second-order valence-electron chi connectivity index (χ2n) is 4.68. The van der Waals surface area contributed by atoms with E-state index in [-0.39, 0.29) is 11.0 Å². The van der Waals surface area contributed by atoms with Crippen molar-refractivity contribution in [1.29, 1.82) is 0 Å². The fraction of sp³-hybridized carbons (Fsp3) is 0.667. The van der Waals surface area contributed by atoms with Crippen molar-refractivity contribution < 1.29 is 8.42 Å². The van der Waals surface area contributed by atoms with Crippen molar-refractivity contribution in [1.82, 2.24) is 5.32 Å². The Morgan fingerprint density at radius 1 is 1.39 bits per heavy atom. The largest absolute Gasteiger partial charge is 0.311 e. The molecule has 102 valence electrons. The number of thiophene rings is 1. The van der Waals surface area contributed by atoms with E-state index in [0.717, 1.165) is 36.7 Å². The summed E-state index contributed by atoms with van der Waals surface area (Å²) in [7, 11) is -2.88. The number of sulfone groups is 1. The van der Waals surface area contributed by atoms with Crippen LogP contribution in [0.5, 0.6) is 0 Å². The smallest absolute Gasteiger partial charge is 0.154 e. The van der Waals surface area contributed by atoms with Crippen molar-refractivity contribution in [3.05, 3.63) is 20.8 Å². The van der Waals surface area contributed by atoms with Crippen LogP contribution in [0.25, 0.3) is 0 Å². The summed E-state index contributed by atoms with van der Waals surface area (Å²) in [5.41, 5.74) is 0. The van der Waals surface area contributed by atoms with E-state index in [1.54, 1.807) is 11.3 Å². The molecule has 0 radical (unpaired) electrons. The van der Waals surface area contributed by atoms with E-state index in [4.69, 9.17) is 0 Å². The van der Waals surface area contributed by atoms with Crippen LogP contribution in [-0.2, 0) is 16.4 Å². The molecule has 0 unspecified atom stereocenters. The van der Waals surface area contributed by atoms with Crippen LogP contribution >= 0.6 is 27.3 Å². The molecule has 1 aliphatic rings. The molecule has 1 aromatic heterocycles. The van der Waals surface area contributed by atoms with E-state index >= 15 is 0 Å². The zero-order valence-electron chi connectivity index (χ0n) is 10.2. The van der Waals surface area contributed by atoms with Gasteiger partial charge >= 0.3 is 0 Å². The quantitative estimate of drug-likeness (QED) is 0.801. The van der Waals surface area contributed by atoms with Gasteiger partial charge in [-0.25, -0.2) is 8.42 Å². The normalized spacial score (nSPS) is 17.4. The van der Waals surface area contributed by atoms with Crippen LogP contribution in [0.4, 0.5) is 0 Å². The zero-order valence-corrected chi connectivity index (χ0v) is 13.4. The van der Waals surface area contributed by atoms with Gasteiger partial charge in [-0.3, -0.25) is 0 Å². The molecule has 1 saturated carbocycles. The van der Waals surface area contributed by atoms with Gasteiger partial charge in [0.15, 0.2) is 9.84 Å². The lowest BCUT2D eigenvalue weighted by Gasteiger charge is -2.11.